The van der Waals surface area contributed by atoms with Crippen molar-refractivity contribution in [2.45, 2.75) is 65.1 Å². The number of nitrogens with zero attached hydrogens (tertiary/aromatic N) is 1. The van der Waals surface area contributed by atoms with Crippen LogP contribution in [0.1, 0.15) is 47.5 Å². The molecule has 1 atom stereocenters. The Morgan fingerprint density at radius 3 is 2.65 bits per heavy atom. The van der Waals surface area contributed by atoms with Crippen LogP contribution in [-0.2, 0) is 4.74 Å². The van der Waals surface area contributed by atoms with Crippen LogP contribution in [0.2, 0.25) is 0 Å². The zero-order valence-electron chi connectivity index (χ0n) is 12.3. The maximum Gasteiger partial charge on any atom is 0.0597 e. The minimum atomic E-state index is 0.225. The Morgan fingerprint density at radius 1 is 1.35 bits per heavy atom. The summed E-state index contributed by atoms with van der Waals surface area (Å²) in [6.07, 6.45) is 3.01. The molecule has 0 radical (unpaired) electrons. The second kappa shape index (κ2) is 6.72. The highest BCUT2D eigenvalue weighted by molar-refractivity contribution is 4.83. The van der Waals surface area contributed by atoms with Crippen LogP contribution in [0.15, 0.2) is 0 Å². The van der Waals surface area contributed by atoms with Gasteiger partial charge in [-0.05, 0) is 54.0 Å². The van der Waals surface area contributed by atoms with E-state index in [9.17, 15) is 0 Å². The molecule has 1 fully saturated rings. The third kappa shape index (κ3) is 6.39. The van der Waals surface area contributed by atoms with Crippen molar-refractivity contribution in [3.05, 3.63) is 0 Å². The lowest BCUT2D eigenvalue weighted by atomic mass is 10.1. The predicted molar refractivity (Wildman–Crippen MR) is 73.4 cm³/mol. The SMILES string of the molecule is CC(C)OCCN1CCCC1CNC(C)(C)C. The normalized spacial score (nSPS) is 22.6. The van der Waals surface area contributed by atoms with Crippen molar-refractivity contribution in [2.75, 3.05) is 26.2 Å². The Morgan fingerprint density at radius 2 is 2.06 bits per heavy atom. The molecular weight excluding hydrogens is 212 g/mol. The molecule has 0 aromatic carbocycles. The van der Waals surface area contributed by atoms with Gasteiger partial charge in [0.2, 0.25) is 0 Å². The molecular formula is C14H30N2O. The molecule has 1 unspecified atom stereocenters. The Bertz CT molecular complexity index is 211. The Hall–Kier alpha value is -0.120. The number of hydrogen-bond acceptors (Lipinski definition) is 3. The summed E-state index contributed by atoms with van der Waals surface area (Å²) >= 11 is 0. The summed E-state index contributed by atoms with van der Waals surface area (Å²) in [6, 6.07) is 0.699. The fourth-order valence-corrected chi connectivity index (χ4v) is 2.25. The van der Waals surface area contributed by atoms with E-state index in [2.05, 4.69) is 44.8 Å². The molecule has 1 N–H and O–H groups in total. The quantitative estimate of drug-likeness (QED) is 0.773. The summed E-state index contributed by atoms with van der Waals surface area (Å²) in [5.41, 5.74) is 0.225. The van der Waals surface area contributed by atoms with Gasteiger partial charge in [0.25, 0.3) is 0 Å². The molecule has 0 spiro atoms. The van der Waals surface area contributed by atoms with Gasteiger partial charge in [0.1, 0.15) is 0 Å². The van der Waals surface area contributed by atoms with Gasteiger partial charge in [-0.3, -0.25) is 4.90 Å². The third-order valence-corrected chi connectivity index (χ3v) is 3.20. The summed E-state index contributed by atoms with van der Waals surface area (Å²) in [5.74, 6) is 0. The standard InChI is InChI=1S/C14H30N2O/c1-12(2)17-10-9-16-8-6-7-13(16)11-15-14(3,4)5/h12-13,15H,6-11H2,1-5H3. The van der Waals surface area contributed by atoms with Gasteiger partial charge in [-0.25, -0.2) is 0 Å². The lowest BCUT2D eigenvalue weighted by Gasteiger charge is -2.29. The van der Waals surface area contributed by atoms with Crippen molar-refractivity contribution in [3.63, 3.8) is 0 Å². The highest BCUT2D eigenvalue weighted by Gasteiger charge is 2.25. The van der Waals surface area contributed by atoms with Crippen molar-refractivity contribution in [3.8, 4) is 0 Å². The molecule has 1 saturated heterocycles. The van der Waals surface area contributed by atoms with Crippen LogP contribution in [0.5, 0.6) is 0 Å². The van der Waals surface area contributed by atoms with Crippen LogP contribution in [0.25, 0.3) is 0 Å². The maximum absolute atomic E-state index is 5.64. The zero-order valence-corrected chi connectivity index (χ0v) is 12.3. The van der Waals surface area contributed by atoms with E-state index in [0.717, 1.165) is 19.7 Å². The molecule has 0 amide bonds. The fourth-order valence-electron chi connectivity index (χ4n) is 2.25. The molecule has 1 aliphatic rings. The monoisotopic (exact) mass is 242 g/mol. The van der Waals surface area contributed by atoms with Gasteiger partial charge in [-0.2, -0.15) is 0 Å². The van der Waals surface area contributed by atoms with E-state index in [1.54, 1.807) is 0 Å². The molecule has 3 nitrogen and oxygen atoms in total. The Labute approximate surface area is 107 Å². The molecule has 1 heterocycles. The Balaban J connectivity index is 2.24. The fraction of sp³-hybridized carbons (Fsp3) is 1.00. The minimum Gasteiger partial charge on any atom is -0.377 e. The largest absolute Gasteiger partial charge is 0.377 e. The maximum atomic E-state index is 5.64. The number of hydrogen-bond donors (Lipinski definition) is 1. The van der Waals surface area contributed by atoms with Gasteiger partial charge < -0.3 is 10.1 Å². The highest BCUT2D eigenvalue weighted by atomic mass is 16.5. The first-order valence-corrected chi connectivity index (χ1v) is 6.99. The van der Waals surface area contributed by atoms with Crippen LogP contribution >= 0.6 is 0 Å². The Kier molecular flexibility index (Phi) is 5.90. The van der Waals surface area contributed by atoms with Crippen LogP contribution in [0.4, 0.5) is 0 Å². The number of likely N-dealkylation sites (tertiary alicyclic amines) is 1. The second-order valence-corrected chi connectivity index (χ2v) is 6.38. The van der Waals surface area contributed by atoms with Crippen molar-refractivity contribution >= 4 is 0 Å². The summed E-state index contributed by atoms with van der Waals surface area (Å²) in [5, 5.41) is 3.61. The topological polar surface area (TPSA) is 24.5 Å². The molecule has 0 saturated carbocycles. The van der Waals surface area contributed by atoms with Crippen LogP contribution in [0, 0.1) is 0 Å². The number of nitrogens with one attached hydrogen (secondary N) is 1. The van der Waals surface area contributed by atoms with Crippen molar-refractivity contribution in [2.24, 2.45) is 0 Å². The first-order valence-electron chi connectivity index (χ1n) is 6.99. The van der Waals surface area contributed by atoms with Crippen molar-refractivity contribution in [1.29, 1.82) is 0 Å². The lowest BCUT2D eigenvalue weighted by molar-refractivity contribution is 0.0559. The lowest BCUT2D eigenvalue weighted by Crippen LogP contribution is -2.45. The van der Waals surface area contributed by atoms with E-state index in [-0.39, 0.29) is 5.54 Å². The predicted octanol–water partition coefficient (Wildman–Crippen LogP) is 2.26. The van der Waals surface area contributed by atoms with Crippen molar-refractivity contribution in [1.82, 2.24) is 10.2 Å². The van der Waals surface area contributed by atoms with E-state index in [1.807, 2.05) is 0 Å². The second-order valence-electron chi connectivity index (χ2n) is 6.38. The summed E-state index contributed by atoms with van der Waals surface area (Å²) in [4.78, 5) is 2.57. The summed E-state index contributed by atoms with van der Waals surface area (Å²) in [7, 11) is 0. The minimum absolute atomic E-state index is 0.225. The molecule has 0 aromatic rings. The van der Waals surface area contributed by atoms with Crippen LogP contribution < -0.4 is 5.32 Å². The van der Waals surface area contributed by atoms with E-state index < -0.39 is 0 Å². The molecule has 1 aliphatic heterocycles. The molecule has 1 rings (SSSR count). The molecule has 0 bridgehead atoms. The molecule has 3 heteroatoms. The summed E-state index contributed by atoms with van der Waals surface area (Å²) in [6.45, 7) is 15.2. The summed E-state index contributed by atoms with van der Waals surface area (Å²) < 4.78 is 5.64. The van der Waals surface area contributed by atoms with Crippen LogP contribution in [-0.4, -0.2) is 48.8 Å². The average Bonchev–Trinajstić information content (AvgIpc) is 2.61. The van der Waals surface area contributed by atoms with Gasteiger partial charge in [-0.1, -0.05) is 0 Å². The highest BCUT2D eigenvalue weighted by Crippen LogP contribution is 2.16. The zero-order chi connectivity index (χ0) is 12.9. The number of rotatable bonds is 6. The third-order valence-electron chi connectivity index (χ3n) is 3.20. The van der Waals surface area contributed by atoms with E-state index >= 15 is 0 Å². The van der Waals surface area contributed by atoms with E-state index in [0.29, 0.717) is 12.1 Å². The number of ether oxygens (including phenoxy) is 1. The van der Waals surface area contributed by atoms with Crippen molar-refractivity contribution < 1.29 is 4.74 Å². The van der Waals surface area contributed by atoms with E-state index in [4.69, 9.17) is 4.74 Å². The van der Waals surface area contributed by atoms with Gasteiger partial charge in [0.05, 0.1) is 12.7 Å². The molecule has 102 valence electrons. The smallest absolute Gasteiger partial charge is 0.0597 e. The van der Waals surface area contributed by atoms with Crippen LogP contribution in [0.3, 0.4) is 0 Å². The van der Waals surface area contributed by atoms with Gasteiger partial charge in [0, 0.05) is 24.7 Å². The van der Waals surface area contributed by atoms with Gasteiger partial charge in [0.15, 0.2) is 0 Å². The average molecular weight is 242 g/mol. The van der Waals surface area contributed by atoms with E-state index in [1.165, 1.54) is 19.4 Å². The van der Waals surface area contributed by atoms with Gasteiger partial charge in [-0.15, -0.1) is 0 Å². The molecule has 17 heavy (non-hydrogen) atoms. The molecule has 0 aromatic heterocycles. The first kappa shape index (κ1) is 14.9. The van der Waals surface area contributed by atoms with Gasteiger partial charge >= 0.3 is 0 Å². The molecule has 0 aliphatic carbocycles. The first-order chi connectivity index (χ1) is 7.88.